The number of nitrogens with two attached hydrogens (primary N) is 1. The Morgan fingerprint density at radius 3 is 2.81 bits per heavy atom. The van der Waals surface area contributed by atoms with Crippen molar-refractivity contribution in [1.82, 2.24) is 4.98 Å². The van der Waals surface area contributed by atoms with Crippen molar-refractivity contribution in [2.75, 3.05) is 18.6 Å². The molecule has 32 heavy (non-hydrogen) atoms. The van der Waals surface area contributed by atoms with Crippen LogP contribution in [0.25, 0.3) is 10.9 Å². The lowest BCUT2D eigenvalue weighted by Crippen LogP contribution is -2.50. The molecule has 0 aliphatic carbocycles. The molecule has 3 aliphatic rings. The Hall–Kier alpha value is -3.59. The molecule has 6 rings (SSSR count). The molecule has 3 N–H and O–H groups in total. The summed E-state index contributed by atoms with van der Waals surface area (Å²) in [5, 5.41) is 11.4. The van der Waals surface area contributed by atoms with Crippen LogP contribution >= 0.6 is 0 Å². The van der Waals surface area contributed by atoms with Crippen LogP contribution in [0.2, 0.25) is 0 Å². The molecule has 0 saturated carbocycles. The van der Waals surface area contributed by atoms with Crippen LogP contribution in [-0.2, 0) is 5.41 Å². The van der Waals surface area contributed by atoms with E-state index >= 15 is 0 Å². The van der Waals surface area contributed by atoms with Crippen molar-refractivity contribution in [2.24, 2.45) is 5.73 Å². The average molecular weight is 427 g/mol. The summed E-state index contributed by atoms with van der Waals surface area (Å²) in [6.45, 7) is 7.47. The molecule has 2 unspecified atom stereocenters. The number of nitrogens with one attached hydrogen (secondary N) is 1. The van der Waals surface area contributed by atoms with E-state index < -0.39 is 5.41 Å². The Morgan fingerprint density at radius 1 is 1.28 bits per heavy atom. The third-order valence-electron chi connectivity index (χ3n) is 7.64. The molecule has 6 heteroatoms. The lowest BCUT2D eigenvalue weighted by atomic mass is 9.69. The summed E-state index contributed by atoms with van der Waals surface area (Å²) >= 11 is 0. The number of para-hydroxylation sites is 1. The maximum Gasteiger partial charge on any atom is 0.208 e. The lowest BCUT2D eigenvalue weighted by molar-refractivity contribution is 0.346. The summed E-state index contributed by atoms with van der Waals surface area (Å²) < 4.78 is 11.7. The molecule has 0 bridgehead atoms. The SMILES string of the molecule is COc1cc2c3c(c1)C1(CN3C(C)(C)CC2C)C(C#N)=C(N)Oc2[nH]c3ccccc3c21. The van der Waals surface area contributed by atoms with Crippen LogP contribution in [0.4, 0.5) is 5.69 Å². The minimum Gasteiger partial charge on any atom is -0.497 e. The third-order valence-corrected chi connectivity index (χ3v) is 7.64. The molecule has 2 aromatic carbocycles. The number of aromatic nitrogens is 1. The van der Waals surface area contributed by atoms with Gasteiger partial charge in [-0.15, -0.1) is 0 Å². The second-order valence-corrected chi connectivity index (χ2v) is 9.85. The van der Waals surface area contributed by atoms with Gasteiger partial charge in [0.1, 0.15) is 17.4 Å². The fourth-order valence-electron chi connectivity index (χ4n) is 6.33. The number of hydrogen-bond donors (Lipinski definition) is 2. The van der Waals surface area contributed by atoms with E-state index in [9.17, 15) is 5.26 Å². The Kier molecular flexibility index (Phi) is 3.59. The monoisotopic (exact) mass is 426 g/mol. The number of nitrogens with zero attached hydrogens (tertiary/aromatic N) is 2. The Balaban J connectivity index is 1.79. The van der Waals surface area contributed by atoms with Gasteiger partial charge in [-0.3, -0.25) is 0 Å². The normalized spacial score (nSPS) is 24.8. The van der Waals surface area contributed by atoms with Crippen LogP contribution in [0.1, 0.15) is 49.8 Å². The van der Waals surface area contributed by atoms with Gasteiger partial charge in [0.05, 0.1) is 12.5 Å². The van der Waals surface area contributed by atoms with Crippen LogP contribution in [0.5, 0.6) is 11.6 Å². The standard InChI is InChI=1S/C26H26N4O2/c1-14-11-25(2,3)30-13-26(18-10-15(31-4)9-17(14)22(18)30)19(12-27)23(28)32-24-21(26)16-7-5-6-8-20(16)29-24/h5-10,14,29H,11,13,28H2,1-4H3. The number of nitriles is 1. The molecule has 6 nitrogen and oxygen atoms in total. The maximum atomic E-state index is 10.4. The van der Waals surface area contributed by atoms with Crippen LogP contribution in [-0.4, -0.2) is 24.2 Å². The van der Waals surface area contributed by atoms with E-state index in [1.165, 1.54) is 11.3 Å². The fourth-order valence-corrected chi connectivity index (χ4v) is 6.33. The number of ether oxygens (including phenoxy) is 2. The van der Waals surface area contributed by atoms with E-state index in [-0.39, 0.29) is 11.4 Å². The van der Waals surface area contributed by atoms with E-state index in [1.54, 1.807) is 7.11 Å². The van der Waals surface area contributed by atoms with Gasteiger partial charge in [-0.25, -0.2) is 0 Å². The van der Waals surface area contributed by atoms with Gasteiger partial charge in [-0.1, -0.05) is 25.1 Å². The average Bonchev–Trinajstić information content (AvgIpc) is 3.29. The summed E-state index contributed by atoms with van der Waals surface area (Å²) in [5.74, 6) is 1.95. The predicted octanol–water partition coefficient (Wildman–Crippen LogP) is 4.65. The van der Waals surface area contributed by atoms with Gasteiger partial charge in [-0.05, 0) is 55.5 Å². The molecular formula is C26H26N4O2. The number of aromatic amines is 1. The van der Waals surface area contributed by atoms with E-state index in [1.807, 2.05) is 18.2 Å². The second kappa shape index (κ2) is 6.01. The highest BCUT2D eigenvalue weighted by molar-refractivity contribution is 5.92. The molecule has 0 radical (unpaired) electrons. The smallest absolute Gasteiger partial charge is 0.208 e. The number of hydrogen-bond acceptors (Lipinski definition) is 5. The van der Waals surface area contributed by atoms with Crippen molar-refractivity contribution in [3.8, 4) is 17.7 Å². The third kappa shape index (κ3) is 2.13. The van der Waals surface area contributed by atoms with E-state index in [2.05, 4.69) is 54.9 Å². The van der Waals surface area contributed by atoms with Crippen LogP contribution in [0, 0.1) is 11.3 Å². The summed E-state index contributed by atoms with van der Waals surface area (Å²) in [5.41, 5.74) is 11.5. The molecule has 162 valence electrons. The van der Waals surface area contributed by atoms with E-state index in [0.29, 0.717) is 23.9 Å². The Labute approximate surface area is 187 Å². The van der Waals surface area contributed by atoms with Crippen molar-refractivity contribution in [1.29, 1.82) is 5.26 Å². The van der Waals surface area contributed by atoms with Gasteiger partial charge < -0.3 is 25.1 Å². The Morgan fingerprint density at radius 2 is 2.06 bits per heavy atom. The van der Waals surface area contributed by atoms with Gasteiger partial charge in [0.15, 0.2) is 0 Å². The molecule has 3 aromatic rings. The van der Waals surface area contributed by atoms with E-state index in [0.717, 1.165) is 34.2 Å². The van der Waals surface area contributed by atoms with Gasteiger partial charge in [-0.2, -0.15) is 5.26 Å². The fraction of sp³-hybridized carbons (Fsp3) is 0.346. The summed E-state index contributed by atoms with van der Waals surface area (Å²) in [6, 6.07) is 14.8. The summed E-state index contributed by atoms with van der Waals surface area (Å²) in [4.78, 5) is 5.87. The molecule has 1 spiro atoms. The quantitative estimate of drug-likeness (QED) is 0.591. The predicted molar refractivity (Wildman–Crippen MR) is 124 cm³/mol. The van der Waals surface area contributed by atoms with Crippen molar-refractivity contribution in [3.05, 3.63) is 64.5 Å². The molecule has 0 amide bonds. The topological polar surface area (TPSA) is 87.3 Å². The number of H-pyrrole nitrogens is 1. The van der Waals surface area contributed by atoms with Gasteiger partial charge in [0.25, 0.3) is 0 Å². The van der Waals surface area contributed by atoms with Crippen molar-refractivity contribution < 1.29 is 9.47 Å². The number of benzene rings is 2. The first-order chi connectivity index (χ1) is 15.3. The first-order valence-corrected chi connectivity index (χ1v) is 11.0. The van der Waals surface area contributed by atoms with Crippen molar-refractivity contribution in [2.45, 2.75) is 44.1 Å². The van der Waals surface area contributed by atoms with Gasteiger partial charge in [0, 0.05) is 34.2 Å². The minimum absolute atomic E-state index is 0.0703. The maximum absolute atomic E-state index is 10.4. The molecule has 2 atom stereocenters. The highest BCUT2D eigenvalue weighted by atomic mass is 16.5. The van der Waals surface area contributed by atoms with E-state index in [4.69, 9.17) is 15.2 Å². The Bertz CT molecular complexity index is 1380. The first-order valence-electron chi connectivity index (χ1n) is 11.0. The summed E-state index contributed by atoms with van der Waals surface area (Å²) in [6.07, 6.45) is 1.01. The highest BCUT2D eigenvalue weighted by Crippen LogP contribution is 2.61. The second-order valence-electron chi connectivity index (χ2n) is 9.85. The molecule has 3 aliphatic heterocycles. The lowest BCUT2D eigenvalue weighted by Gasteiger charge is -2.46. The molecule has 0 fully saturated rings. The van der Waals surface area contributed by atoms with Crippen LogP contribution in [0.3, 0.4) is 0 Å². The number of methoxy groups -OCH3 is 1. The summed E-state index contributed by atoms with van der Waals surface area (Å²) in [7, 11) is 1.70. The van der Waals surface area contributed by atoms with Crippen molar-refractivity contribution in [3.63, 3.8) is 0 Å². The number of fused-ring (bicyclic) bond motifs is 5. The van der Waals surface area contributed by atoms with Gasteiger partial charge in [0.2, 0.25) is 11.8 Å². The molecule has 0 saturated heterocycles. The van der Waals surface area contributed by atoms with Crippen LogP contribution < -0.4 is 20.1 Å². The van der Waals surface area contributed by atoms with Crippen molar-refractivity contribution >= 4 is 16.6 Å². The van der Waals surface area contributed by atoms with Gasteiger partial charge >= 0.3 is 0 Å². The van der Waals surface area contributed by atoms with Crippen LogP contribution in [0.15, 0.2) is 47.9 Å². The number of rotatable bonds is 1. The number of anilines is 1. The molecular weight excluding hydrogens is 400 g/mol. The molecule has 4 heterocycles. The highest BCUT2D eigenvalue weighted by Gasteiger charge is 2.58. The largest absolute Gasteiger partial charge is 0.497 e. The first kappa shape index (κ1) is 19.1. The molecule has 1 aromatic heterocycles. The minimum atomic E-state index is -0.744. The zero-order chi connectivity index (χ0) is 22.4. The zero-order valence-electron chi connectivity index (χ0n) is 18.7. The zero-order valence-corrected chi connectivity index (χ0v) is 18.7.